The van der Waals surface area contributed by atoms with Crippen molar-refractivity contribution in [3.05, 3.63) is 53.6 Å². The number of unbranched alkanes of at least 4 members (excludes halogenated alkanes) is 5. The van der Waals surface area contributed by atoms with Crippen LogP contribution in [-0.2, 0) is 0 Å². The molecule has 0 saturated heterocycles. The molecule has 4 heteroatoms. The molecule has 3 rings (SSSR count). The Labute approximate surface area is 172 Å². The normalized spacial score (nSPS) is 19.4. The Morgan fingerprint density at radius 2 is 1.59 bits per heavy atom. The number of hydrogen-bond acceptors (Lipinski definition) is 1. The highest BCUT2D eigenvalue weighted by molar-refractivity contribution is 5.63. The largest absolute Gasteiger partial charge is 0.248 e. The monoisotopic (exact) mass is 403 g/mol. The first-order valence-corrected chi connectivity index (χ1v) is 11.2. The van der Waals surface area contributed by atoms with E-state index in [0.717, 1.165) is 30.4 Å². The third-order valence-corrected chi connectivity index (χ3v) is 6.38. The van der Waals surface area contributed by atoms with Gasteiger partial charge in [-0.05, 0) is 55.2 Å². The van der Waals surface area contributed by atoms with Crippen molar-refractivity contribution in [2.75, 3.05) is 0 Å². The van der Waals surface area contributed by atoms with Crippen LogP contribution in [0.4, 0.5) is 13.2 Å². The summed E-state index contributed by atoms with van der Waals surface area (Å²) in [7, 11) is 0. The van der Waals surface area contributed by atoms with Crippen molar-refractivity contribution in [3.8, 4) is 11.1 Å². The van der Waals surface area contributed by atoms with E-state index in [4.69, 9.17) is 0 Å². The zero-order valence-corrected chi connectivity index (χ0v) is 17.4. The summed E-state index contributed by atoms with van der Waals surface area (Å²) < 4.78 is 41.1. The Hall–Kier alpha value is -1.84. The fraction of sp³-hybridized carbons (Fsp3) is 0.560. The summed E-state index contributed by atoms with van der Waals surface area (Å²) >= 11 is 0. The van der Waals surface area contributed by atoms with E-state index in [9.17, 15) is 13.2 Å². The molecule has 1 aromatic carbocycles. The van der Waals surface area contributed by atoms with Crippen LogP contribution in [0.5, 0.6) is 0 Å². The van der Waals surface area contributed by atoms with Crippen LogP contribution in [0.15, 0.2) is 30.5 Å². The van der Waals surface area contributed by atoms with Crippen molar-refractivity contribution < 1.29 is 13.2 Å². The van der Waals surface area contributed by atoms with Crippen LogP contribution in [-0.4, -0.2) is 4.98 Å². The Kier molecular flexibility index (Phi) is 8.14. The molecular formula is C25H32F3N. The van der Waals surface area contributed by atoms with E-state index in [1.165, 1.54) is 64.0 Å². The summed E-state index contributed by atoms with van der Waals surface area (Å²) in [5, 5.41) is 0. The fourth-order valence-corrected chi connectivity index (χ4v) is 4.59. The second-order valence-electron chi connectivity index (χ2n) is 8.51. The SMILES string of the molecule is CCCCCCCCC1CCC(c2ccc(-c3cnc(F)c(F)c3)c(F)c2)CC1. The molecule has 1 fully saturated rings. The van der Waals surface area contributed by atoms with E-state index >= 15 is 0 Å². The van der Waals surface area contributed by atoms with Crippen molar-refractivity contribution >= 4 is 0 Å². The molecule has 29 heavy (non-hydrogen) atoms. The molecule has 2 aromatic rings. The maximum Gasteiger partial charge on any atom is 0.248 e. The molecule has 0 unspecified atom stereocenters. The van der Waals surface area contributed by atoms with Crippen LogP contribution in [0.25, 0.3) is 11.1 Å². The lowest BCUT2D eigenvalue weighted by Crippen LogP contribution is -2.13. The average Bonchev–Trinajstić information content (AvgIpc) is 2.73. The van der Waals surface area contributed by atoms with Crippen LogP contribution >= 0.6 is 0 Å². The van der Waals surface area contributed by atoms with Crippen molar-refractivity contribution in [2.24, 2.45) is 5.92 Å². The average molecular weight is 404 g/mol. The van der Waals surface area contributed by atoms with E-state index in [2.05, 4.69) is 11.9 Å². The zero-order chi connectivity index (χ0) is 20.6. The maximum atomic E-state index is 14.6. The van der Waals surface area contributed by atoms with Gasteiger partial charge in [0.15, 0.2) is 5.82 Å². The quantitative estimate of drug-likeness (QED) is 0.304. The van der Waals surface area contributed by atoms with Crippen LogP contribution in [0.2, 0.25) is 0 Å². The van der Waals surface area contributed by atoms with Crippen LogP contribution < -0.4 is 0 Å². The summed E-state index contributed by atoms with van der Waals surface area (Å²) in [4.78, 5) is 3.35. The van der Waals surface area contributed by atoms with E-state index < -0.39 is 17.6 Å². The molecule has 158 valence electrons. The molecule has 0 N–H and O–H groups in total. The molecule has 1 aromatic heterocycles. The van der Waals surface area contributed by atoms with E-state index in [-0.39, 0.29) is 11.1 Å². The second-order valence-corrected chi connectivity index (χ2v) is 8.51. The highest BCUT2D eigenvalue weighted by Gasteiger charge is 2.23. The summed E-state index contributed by atoms with van der Waals surface area (Å²) in [6.07, 6.45) is 15.2. The van der Waals surface area contributed by atoms with Crippen molar-refractivity contribution in [2.45, 2.75) is 83.5 Å². The zero-order valence-electron chi connectivity index (χ0n) is 17.4. The van der Waals surface area contributed by atoms with Crippen LogP contribution in [0.1, 0.15) is 89.0 Å². The molecule has 1 nitrogen and oxygen atoms in total. The number of pyridine rings is 1. The Bertz CT molecular complexity index is 782. The van der Waals surface area contributed by atoms with Crippen LogP contribution in [0, 0.1) is 23.5 Å². The molecular weight excluding hydrogens is 371 g/mol. The minimum atomic E-state index is -1.16. The summed E-state index contributed by atoms with van der Waals surface area (Å²) in [6.45, 7) is 2.25. The van der Waals surface area contributed by atoms with Gasteiger partial charge < -0.3 is 0 Å². The minimum Gasteiger partial charge on any atom is -0.225 e. The lowest BCUT2D eigenvalue weighted by atomic mass is 9.77. The van der Waals surface area contributed by atoms with Gasteiger partial charge in [-0.2, -0.15) is 4.39 Å². The van der Waals surface area contributed by atoms with Gasteiger partial charge in [0.05, 0.1) is 0 Å². The lowest BCUT2D eigenvalue weighted by Gasteiger charge is -2.29. The summed E-state index contributed by atoms with van der Waals surface area (Å²) in [6, 6.07) is 6.16. The topological polar surface area (TPSA) is 12.9 Å². The van der Waals surface area contributed by atoms with Gasteiger partial charge in [0.2, 0.25) is 5.95 Å². The lowest BCUT2D eigenvalue weighted by molar-refractivity contribution is 0.301. The van der Waals surface area contributed by atoms with E-state index in [1.807, 2.05) is 6.07 Å². The van der Waals surface area contributed by atoms with E-state index in [1.54, 1.807) is 12.1 Å². The first-order chi connectivity index (χ1) is 14.1. The summed E-state index contributed by atoms with van der Waals surface area (Å²) in [5.74, 6) is -1.42. The van der Waals surface area contributed by atoms with Gasteiger partial charge in [-0.15, -0.1) is 0 Å². The minimum absolute atomic E-state index is 0.260. The number of rotatable bonds is 9. The molecule has 1 aliphatic carbocycles. The maximum absolute atomic E-state index is 14.6. The van der Waals surface area contributed by atoms with Gasteiger partial charge >= 0.3 is 0 Å². The summed E-state index contributed by atoms with van der Waals surface area (Å²) in [5.41, 5.74) is 1.53. The van der Waals surface area contributed by atoms with Gasteiger partial charge in [0.25, 0.3) is 0 Å². The predicted molar refractivity (Wildman–Crippen MR) is 112 cm³/mol. The number of hydrogen-bond donors (Lipinski definition) is 0. The van der Waals surface area contributed by atoms with Crippen LogP contribution in [0.3, 0.4) is 0 Å². The number of benzene rings is 1. The number of nitrogens with zero attached hydrogens (tertiary/aromatic N) is 1. The molecule has 0 amide bonds. The fourth-order valence-electron chi connectivity index (χ4n) is 4.59. The first kappa shape index (κ1) is 21.9. The van der Waals surface area contributed by atoms with Crippen molar-refractivity contribution in [3.63, 3.8) is 0 Å². The van der Waals surface area contributed by atoms with Gasteiger partial charge in [-0.25, -0.2) is 13.8 Å². The van der Waals surface area contributed by atoms with Crippen molar-refractivity contribution in [1.82, 2.24) is 4.98 Å². The number of aromatic nitrogens is 1. The van der Waals surface area contributed by atoms with Gasteiger partial charge in [-0.3, -0.25) is 0 Å². The molecule has 1 aliphatic rings. The molecule has 1 heterocycles. The van der Waals surface area contributed by atoms with E-state index in [0.29, 0.717) is 5.92 Å². The Balaban J connectivity index is 1.51. The molecule has 0 aliphatic heterocycles. The molecule has 1 saturated carbocycles. The van der Waals surface area contributed by atoms with Crippen molar-refractivity contribution in [1.29, 1.82) is 0 Å². The smallest absolute Gasteiger partial charge is 0.225 e. The predicted octanol–water partition coefficient (Wildman–Crippen LogP) is 8.19. The van der Waals surface area contributed by atoms with Gasteiger partial charge in [0, 0.05) is 17.3 Å². The Morgan fingerprint density at radius 1 is 0.862 bits per heavy atom. The number of halogens is 3. The standard InChI is InChI=1S/C25H32F3N/c1-2-3-4-5-6-7-8-18-9-11-19(12-10-18)20-13-14-22(23(26)15-20)21-16-24(27)25(28)29-17-21/h13-19H,2-12H2,1H3. The second kappa shape index (κ2) is 10.8. The third kappa shape index (κ3) is 6.07. The highest BCUT2D eigenvalue weighted by Crippen LogP contribution is 2.39. The Morgan fingerprint density at radius 3 is 2.28 bits per heavy atom. The van der Waals surface area contributed by atoms with Gasteiger partial charge in [0.1, 0.15) is 5.82 Å². The van der Waals surface area contributed by atoms with Gasteiger partial charge in [-0.1, -0.05) is 64.0 Å². The molecule has 0 spiro atoms. The third-order valence-electron chi connectivity index (χ3n) is 6.38. The molecule has 0 atom stereocenters. The first-order valence-electron chi connectivity index (χ1n) is 11.2. The highest BCUT2D eigenvalue weighted by atomic mass is 19.2. The molecule has 0 bridgehead atoms. The molecule has 0 radical (unpaired) electrons.